The van der Waals surface area contributed by atoms with E-state index >= 15 is 0 Å². The van der Waals surface area contributed by atoms with Crippen LogP contribution in [0.4, 0.5) is 11.5 Å². The van der Waals surface area contributed by atoms with Crippen LogP contribution in [0.15, 0.2) is 88.7 Å². The summed E-state index contributed by atoms with van der Waals surface area (Å²) in [6, 6.07) is 7.74. The lowest BCUT2D eigenvalue weighted by Gasteiger charge is -2.38. The number of nitrogens with zero attached hydrogens (tertiary/aromatic N) is 6. The number of piperazine rings is 1. The van der Waals surface area contributed by atoms with E-state index in [9.17, 15) is 4.79 Å². The Morgan fingerprint density at radius 2 is 1.82 bits per heavy atom. The molecule has 9 nitrogen and oxygen atoms in total. The van der Waals surface area contributed by atoms with Gasteiger partial charge in [-0.25, -0.2) is 15.0 Å². The van der Waals surface area contributed by atoms with Crippen LogP contribution in [0.2, 0.25) is 0 Å². The molecule has 5 rings (SSSR count). The van der Waals surface area contributed by atoms with Gasteiger partial charge in [0, 0.05) is 68.5 Å². The molecule has 1 aliphatic carbocycles. The van der Waals surface area contributed by atoms with Crippen LogP contribution in [-0.4, -0.2) is 58.6 Å². The van der Waals surface area contributed by atoms with Gasteiger partial charge in [-0.05, 0) is 62.6 Å². The summed E-state index contributed by atoms with van der Waals surface area (Å²) < 4.78 is 0. The molecule has 2 N–H and O–H groups in total. The Hall–Kier alpha value is -4.27. The molecular formula is C30H36N8O. The third kappa shape index (κ3) is 6.79. The first-order valence-corrected chi connectivity index (χ1v) is 13.7. The maximum atomic E-state index is 12.6. The number of rotatable bonds is 4. The zero-order valence-corrected chi connectivity index (χ0v) is 22.7. The third-order valence-electron chi connectivity index (χ3n) is 7.25. The van der Waals surface area contributed by atoms with Crippen molar-refractivity contribution in [3.05, 3.63) is 84.2 Å². The van der Waals surface area contributed by atoms with Crippen LogP contribution in [0.3, 0.4) is 0 Å². The molecule has 1 atom stereocenters. The molecule has 1 amide bonds. The third-order valence-corrected chi connectivity index (χ3v) is 7.25. The lowest BCUT2D eigenvalue weighted by molar-refractivity contribution is 0.0964. The van der Waals surface area contributed by atoms with Crippen LogP contribution in [-0.2, 0) is 0 Å². The Labute approximate surface area is 230 Å². The highest BCUT2D eigenvalue weighted by Gasteiger charge is 2.23. The van der Waals surface area contributed by atoms with Gasteiger partial charge in [-0.15, -0.1) is 0 Å². The minimum Gasteiger partial charge on any atom is -0.368 e. The van der Waals surface area contributed by atoms with Crippen molar-refractivity contribution < 1.29 is 4.79 Å². The van der Waals surface area contributed by atoms with E-state index in [2.05, 4.69) is 55.5 Å². The Morgan fingerprint density at radius 3 is 2.51 bits per heavy atom. The molecule has 1 unspecified atom stereocenters. The molecule has 0 radical (unpaired) electrons. The molecule has 1 saturated heterocycles. The van der Waals surface area contributed by atoms with E-state index in [4.69, 9.17) is 9.98 Å². The number of aliphatic imine (C=N–C) groups is 2. The number of amidine groups is 2. The number of hydrogen-bond donors (Lipinski definition) is 2. The number of carbonyl (C=O) groups excluding carboxylic acids is 1. The van der Waals surface area contributed by atoms with Crippen LogP contribution in [0.1, 0.15) is 49.9 Å². The van der Waals surface area contributed by atoms with E-state index in [1.54, 1.807) is 12.3 Å². The van der Waals surface area contributed by atoms with Gasteiger partial charge < -0.3 is 20.4 Å². The van der Waals surface area contributed by atoms with Gasteiger partial charge in [0.15, 0.2) is 5.82 Å². The molecule has 3 aliphatic rings. The first-order chi connectivity index (χ1) is 19.1. The van der Waals surface area contributed by atoms with E-state index < -0.39 is 0 Å². The number of hydrogen-bond acceptors (Lipinski definition) is 8. The van der Waals surface area contributed by atoms with Crippen LogP contribution < -0.4 is 15.5 Å². The molecule has 9 heteroatoms. The van der Waals surface area contributed by atoms with Gasteiger partial charge in [0.25, 0.3) is 5.91 Å². The SMILES string of the molecule is C/C=C1/N=C(Nc2ccc(C(=O)NC3=CC=CCC3)cn2)C(C)CCC(N2CCN(c3ccncc3)CC2)=N1. The summed E-state index contributed by atoms with van der Waals surface area (Å²) in [5.41, 5.74) is 2.67. The quantitative estimate of drug-likeness (QED) is 0.598. The highest BCUT2D eigenvalue weighted by atomic mass is 16.1. The normalized spacial score (nSPS) is 20.9. The topological polar surface area (TPSA) is 98.1 Å². The van der Waals surface area contributed by atoms with E-state index in [1.807, 2.05) is 43.6 Å². The number of pyridine rings is 2. The zero-order valence-electron chi connectivity index (χ0n) is 22.7. The van der Waals surface area contributed by atoms with Crippen molar-refractivity contribution in [3.8, 4) is 0 Å². The zero-order chi connectivity index (χ0) is 27.0. The summed E-state index contributed by atoms with van der Waals surface area (Å²) in [6.45, 7) is 7.91. The Morgan fingerprint density at radius 1 is 1.03 bits per heavy atom. The number of amides is 1. The van der Waals surface area contributed by atoms with Gasteiger partial charge in [-0.1, -0.05) is 19.1 Å². The first kappa shape index (κ1) is 26.3. The summed E-state index contributed by atoms with van der Waals surface area (Å²) in [5.74, 6) is 3.33. The summed E-state index contributed by atoms with van der Waals surface area (Å²) >= 11 is 0. The van der Waals surface area contributed by atoms with Gasteiger partial charge in [0.05, 0.1) is 5.56 Å². The van der Waals surface area contributed by atoms with E-state index in [1.165, 1.54) is 5.69 Å². The number of aromatic nitrogens is 2. The molecule has 2 aliphatic heterocycles. The summed E-state index contributed by atoms with van der Waals surface area (Å²) in [4.78, 5) is 35.8. The van der Waals surface area contributed by atoms with Crippen LogP contribution in [0, 0.1) is 5.92 Å². The highest BCUT2D eigenvalue weighted by molar-refractivity contribution is 5.99. The molecule has 0 spiro atoms. The first-order valence-electron chi connectivity index (χ1n) is 13.7. The monoisotopic (exact) mass is 524 g/mol. The van der Waals surface area contributed by atoms with Gasteiger partial charge in [0.1, 0.15) is 17.5 Å². The van der Waals surface area contributed by atoms with Crippen molar-refractivity contribution in [2.45, 2.75) is 39.5 Å². The van der Waals surface area contributed by atoms with Crippen molar-refractivity contribution in [3.63, 3.8) is 0 Å². The fourth-order valence-corrected chi connectivity index (χ4v) is 4.87. The van der Waals surface area contributed by atoms with Gasteiger partial charge in [0.2, 0.25) is 0 Å². The molecule has 4 heterocycles. The number of nitrogens with one attached hydrogen (secondary N) is 2. The van der Waals surface area contributed by atoms with Gasteiger partial charge in [-0.3, -0.25) is 9.78 Å². The molecule has 0 saturated carbocycles. The minimum atomic E-state index is -0.146. The number of carbonyl (C=O) groups is 1. The maximum Gasteiger partial charge on any atom is 0.256 e. The summed E-state index contributed by atoms with van der Waals surface area (Å²) in [7, 11) is 0. The Balaban J connectivity index is 1.23. The Bertz CT molecular complexity index is 1300. The summed E-state index contributed by atoms with van der Waals surface area (Å²) in [5, 5.41) is 6.35. The second kappa shape index (κ2) is 12.5. The highest BCUT2D eigenvalue weighted by Crippen LogP contribution is 2.22. The standard InChI is InChI=1S/C30H36N8O/c1-3-26-34-28(38-19-17-37(18-20-38)25-13-15-31-16-14-25)12-9-22(2)29(35-26)36-27-11-10-23(21-32-27)30(39)33-24-7-5-4-6-8-24/h3-5,7,10-11,13-16,21-22H,6,8-9,12,17-20H2,1-2H3,(H,33,39)(H,32,35,36)/b26-3+,34-28?. The second-order valence-corrected chi connectivity index (χ2v) is 9.96. The maximum absolute atomic E-state index is 12.6. The predicted molar refractivity (Wildman–Crippen MR) is 157 cm³/mol. The molecule has 39 heavy (non-hydrogen) atoms. The van der Waals surface area contributed by atoms with E-state index in [0.29, 0.717) is 17.2 Å². The van der Waals surface area contributed by atoms with Crippen molar-refractivity contribution in [2.24, 2.45) is 15.9 Å². The molecule has 0 aromatic carbocycles. The molecule has 0 bridgehead atoms. The largest absolute Gasteiger partial charge is 0.368 e. The number of anilines is 2. The minimum absolute atomic E-state index is 0.146. The van der Waals surface area contributed by atoms with Crippen molar-refractivity contribution >= 4 is 29.1 Å². The van der Waals surface area contributed by atoms with E-state index in [0.717, 1.165) is 69.2 Å². The molecule has 2 aromatic heterocycles. The fourth-order valence-electron chi connectivity index (χ4n) is 4.87. The predicted octanol–water partition coefficient (Wildman–Crippen LogP) is 4.76. The molecular weight excluding hydrogens is 488 g/mol. The lowest BCUT2D eigenvalue weighted by Crippen LogP contribution is -2.49. The average Bonchev–Trinajstić information content (AvgIpc) is 2.98. The lowest BCUT2D eigenvalue weighted by atomic mass is 10.0. The Kier molecular flexibility index (Phi) is 8.45. The van der Waals surface area contributed by atoms with E-state index in [-0.39, 0.29) is 11.8 Å². The van der Waals surface area contributed by atoms with Crippen molar-refractivity contribution in [2.75, 3.05) is 36.4 Å². The molecule has 2 aromatic rings. The second-order valence-electron chi connectivity index (χ2n) is 9.96. The van der Waals surface area contributed by atoms with Crippen molar-refractivity contribution in [1.29, 1.82) is 0 Å². The van der Waals surface area contributed by atoms with Crippen molar-refractivity contribution in [1.82, 2.24) is 20.2 Å². The average molecular weight is 525 g/mol. The van der Waals surface area contributed by atoms with Crippen LogP contribution in [0.5, 0.6) is 0 Å². The summed E-state index contributed by atoms with van der Waals surface area (Å²) in [6.07, 6.45) is 16.8. The molecule has 1 fully saturated rings. The number of allylic oxidation sites excluding steroid dienone is 5. The smallest absolute Gasteiger partial charge is 0.256 e. The van der Waals surface area contributed by atoms with Gasteiger partial charge in [-0.2, -0.15) is 0 Å². The molecule has 202 valence electrons. The van der Waals surface area contributed by atoms with Gasteiger partial charge >= 0.3 is 0 Å². The fraction of sp³-hybridized carbons (Fsp3) is 0.367. The van der Waals surface area contributed by atoms with Crippen LogP contribution in [0.25, 0.3) is 0 Å². The van der Waals surface area contributed by atoms with Crippen LogP contribution >= 0.6 is 0 Å².